The molecule has 0 saturated carbocycles. The van der Waals surface area contributed by atoms with Crippen molar-refractivity contribution in [3.05, 3.63) is 11.6 Å². The van der Waals surface area contributed by atoms with Crippen LogP contribution < -0.4 is 5.32 Å². The van der Waals surface area contributed by atoms with Crippen LogP contribution in [0.2, 0.25) is 0 Å². The summed E-state index contributed by atoms with van der Waals surface area (Å²) in [4.78, 5) is 62.1. The first-order chi connectivity index (χ1) is 20.5. The highest BCUT2D eigenvalue weighted by Gasteiger charge is 2.40. The van der Waals surface area contributed by atoms with E-state index in [1.54, 1.807) is 28.7 Å². The summed E-state index contributed by atoms with van der Waals surface area (Å²) in [5.74, 6) is -0.381. The van der Waals surface area contributed by atoms with Gasteiger partial charge in [0.05, 0.1) is 12.1 Å². The predicted molar refractivity (Wildman–Crippen MR) is 178 cm³/mol. The van der Waals surface area contributed by atoms with E-state index in [2.05, 4.69) is 31.0 Å². The first-order valence-corrected chi connectivity index (χ1v) is 17.1. The molecular weight excluding hydrogens is 554 g/mol. The Hall–Kier alpha value is -2.42. The van der Waals surface area contributed by atoms with Crippen molar-refractivity contribution < 1.29 is 19.2 Å². The van der Waals surface area contributed by atoms with Gasteiger partial charge in [0.25, 0.3) is 0 Å². The van der Waals surface area contributed by atoms with Gasteiger partial charge in [0.1, 0.15) is 12.1 Å². The number of hydrogen-bond donors (Lipinski definition) is 1. The highest BCUT2D eigenvalue weighted by Crippen LogP contribution is 2.27. The quantitative estimate of drug-likeness (QED) is 0.236. The number of amides is 4. The zero-order valence-corrected chi connectivity index (χ0v) is 29.7. The Morgan fingerprint density at radius 2 is 1.57 bits per heavy atom. The fraction of sp³-hybridized carbons (Fsp3) is 0.829. The minimum Gasteiger partial charge on any atom is -0.344 e. The van der Waals surface area contributed by atoms with Crippen LogP contribution >= 0.6 is 0 Å². The van der Waals surface area contributed by atoms with Crippen molar-refractivity contribution in [3.63, 3.8) is 0 Å². The lowest BCUT2D eigenvalue weighted by molar-refractivity contribution is -0.142. The number of piperidine rings is 1. The Kier molecular flexibility index (Phi) is 14.4. The van der Waals surface area contributed by atoms with E-state index < -0.39 is 17.5 Å². The largest absolute Gasteiger partial charge is 0.344 e. The first kappa shape index (κ1) is 37.8. The van der Waals surface area contributed by atoms with Crippen LogP contribution in [0.4, 0.5) is 0 Å². The van der Waals surface area contributed by atoms with Crippen LogP contribution in [0, 0.1) is 11.3 Å². The number of nitrogens with one attached hydrogen (secondary N) is 1. The van der Waals surface area contributed by atoms with Crippen molar-refractivity contribution in [2.75, 3.05) is 33.7 Å². The molecule has 0 aromatic carbocycles. The Balaban J connectivity index is 2.24. The van der Waals surface area contributed by atoms with Crippen LogP contribution in [0.3, 0.4) is 0 Å². The molecule has 2 aliphatic rings. The number of unbranched alkanes of at least 4 members (excludes halogenated alkanes) is 2. The molecule has 2 aliphatic heterocycles. The van der Waals surface area contributed by atoms with Gasteiger partial charge in [-0.1, -0.05) is 66.9 Å². The molecule has 2 rings (SSSR count). The molecule has 0 aliphatic carbocycles. The van der Waals surface area contributed by atoms with Crippen molar-refractivity contribution in [1.82, 2.24) is 24.9 Å². The van der Waals surface area contributed by atoms with E-state index in [0.29, 0.717) is 25.1 Å². The molecule has 9 nitrogen and oxygen atoms in total. The summed E-state index contributed by atoms with van der Waals surface area (Å²) in [7, 11) is 3.59. The average molecular weight is 618 g/mol. The van der Waals surface area contributed by atoms with Crippen LogP contribution in [0.15, 0.2) is 11.6 Å². The summed E-state index contributed by atoms with van der Waals surface area (Å²) in [5.41, 5.74) is 0.0172. The Labute approximate surface area is 268 Å². The van der Waals surface area contributed by atoms with E-state index in [1.165, 1.54) is 0 Å². The van der Waals surface area contributed by atoms with Gasteiger partial charge in [-0.3, -0.25) is 24.1 Å². The second kappa shape index (κ2) is 16.8. The molecule has 1 N–H and O–H groups in total. The molecule has 3 unspecified atom stereocenters. The molecular formula is C35H63N5O4. The zero-order valence-electron chi connectivity index (χ0n) is 29.7. The SMILES string of the molecule is CCCCCN(C)C(=O)C1CCCN1C(=O)/C(C)=C/C(C(C)C)N(C)C(=O)C(NC(=O)[C@H]1CCCCN1C(C)C)C(C)(C)C. The molecule has 9 heteroatoms. The molecule has 0 spiro atoms. The van der Waals surface area contributed by atoms with E-state index in [1.807, 2.05) is 47.7 Å². The van der Waals surface area contributed by atoms with Gasteiger partial charge in [0.15, 0.2) is 0 Å². The normalized spacial score (nSPS) is 21.4. The van der Waals surface area contributed by atoms with Crippen LogP contribution in [0.25, 0.3) is 0 Å². The Morgan fingerprint density at radius 3 is 2.14 bits per heavy atom. The van der Waals surface area contributed by atoms with Gasteiger partial charge in [-0.25, -0.2) is 0 Å². The number of likely N-dealkylation sites (tertiary alicyclic amines) is 2. The Bertz CT molecular complexity index is 1020. The lowest BCUT2D eigenvalue weighted by atomic mass is 9.84. The third kappa shape index (κ3) is 9.79. The summed E-state index contributed by atoms with van der Waals surface area (Å²) in [6.45, 7) is 20.3. The van der Waals surface area contributed by atoms with E-state index in [-0.39, 0.29) is 47.7 Å². The highest BCUT2D eigenvalue weighted by molar-refractivity contribution is 5.97. The third-order valence-corrected chi connectivity index (χ3v) is 9.42. The molecule has 4 amide bonds. The maximum Gasteiger partial charge on any atom is 0.249 e. The number of hydrogen-bond acceptors (Lipinski definition) is 5. The van der Waals surface area contributed by atoms with E-state index in [9.17, 15) is 19.2 Å². The summed E-state index contributed by atoms with van der Waals surface area (Å²) in [6.07, 6.45) is 9.34. The maximum atomic E-state index is 14.1. The second-order valence-corrected chi connectivity index (χ2v) is 14.8. The van der Waals surface area contributed by atoms with Crippen molar-refractivity contribution >= 4 is 23.6 Å². The van der Waals surface area contributed by atoms with Gasteiger partial charge in [0.2, 0.25) is 23.6 Å². The van der Waals surface area contributed by atoms with Gasteiger partial charge in [-0.05, 0) is 70.8 Å². The lowest BCUT2D eigenvalue weighted by Crippen LogP contribution is -2.60. The number of carbonyl (C=O) groups is 4. The first-order valence-electron chi connectivity index (χ1n) is 17.1. The number of carbonyl (C=O) groups excluding carboxylic acids is 4. The number of rotatable bonds is 13. The lowest BCUT2D eigenvalue weighted by Gasteiger charge is -2.41. The number of nitrogens with zero attached hydrogens (tertiary/aromatic N) is 4. The van der Waals surface area contributed by atoms with Crippen molar-refractivity contribution in [2.45, 2.75) is 144 Å². The topological polar surface area (TPSA) is 93.3 Å². The molecule has 2 heterocycles. The molecule has 4 atom stereocenters. The van der Waals surface area contributed by atoms with Gasteiger partial charge >= 0.3 is 0 Å². The van der Waals surface area contributed by atoms with Crippen molar-refractivity contribution in [3.8, 4) is 0 Å². The predicted octanol–water partition coefficient (Wildman–Crippen LogP) is 4.85. The van der Waals surface area contributed by atoms with Gasteiger partial charge < -0.3 is 20.0 Å². The molecule has 2 fully saturated rings. The molecule has 0 aromatic heterocycles. The molecule has 2 saturated heterocycles. The van der Waals surface area contributed by atoms with Crippen molar-refractivity contribution in [2.24, 2.45) is 11.3 Å². The summed E-state index contributed by atoms with van der Waals surface area (Å²) >= 11 is 0. The monoisotopic (exact) mass is 617 g/mol. The van der Waals surface area contributed by atoms with Crippen LogP contribution in [-0.4, -0.2) is 107 Å². The highest BCUT2D eigenvalue weighted by atomic mass is 16.2. The minimum atomic E-state index is -0.717. The molecule has 0 radical (unpaired) electrons. The van der Waals surface area contributed by atoms with Crippen molar-refractivity contribution in [1.29, 1.82) is 0 Å². The molecule has 44 heavy (non-hydrogen) atoms. The fourth-order valence-electron chi connectivity index (χ4n) is 6.63. The van der Waals surface area contributed by atoms with Gasteiger partial charge in [-0.15, -0.1) is 0 Å². The second-order valence-electron chi connectivity index (χ2n) is 14.8. The summed E-state index contributed by atoms with van der Waals surface area (Å²) < 4.78 is 0. The third-order valence-electron chi connectivity index (χ3n) is 9.42. The minimum absolute atomic E-state index is 0.00483. The van der Waals surface area contributed by atoms with Gasteiger partial charge in [-0.2, -0.15) is 0 Å². The summed E-state index contributed by atoms with van der Waals surface area (Å²) in [5, 5.41) is 3.14. The maximum absolute atomic E-state index is 14.1. The smallest absolute Gasteiger partial charge is 0.249 e. The van der Waals surface area contributed by atoms with Crippen LogP contribution in [0.5, 0.6) is 0 Å². The van der Waals surface area contributed by atoms with Crippen LogP contribution in [-0.2, 0) is 19.2 Å². The number of likely N-dealkylation sites (N-methyl/N-ethyl adjacent to an activating group) is 2. The van der Waals surface area contributed by atoms with E-state index in [4.69, 9.17) is 0 Å². The molecule has 0 bridgehead atoms. The standard InChI is InChI=1S/C35H63N5O4/c1-12-13-15-20-37(10)33(43)28-19-17-22-40(28)32(42)26(6)23-29(24(2)3)38(11)34(44)30(35(7,8)9)36-31(41)27-18-14-16-21-39(27)25(4)5/h23-25,27-30H,12-22H2,1-11H3,(H,36,41)/b26-23+/t27-,28?,29?,30?/m1/s1. The molecule has 252 valence electrons. The fourth-order valence-corrected chi connectivity index (χ4v) is 6.63. The van der Waals surface area contributed by atoms with Gasteiger partial charge in [0, 0.05) is 38.8 Å². The zero-order chi connectivity index (χ0) is 33.4. The average Bonchev–Trinajstić information content (AvgIpc) is 3.46. The summed E-state index contributed by atoms with van der Waals surface area (Å²) in [6, 6.07) is -1.51. The molecule has 0 aromatic rings. The Morgan fingerprint density at radius 1 is 0.932 bits per heavy atom. The van der Waals surface area contributed by atoms with Crippen LogP contribution in [0.1, 0.15) is 114 Å². The van der Waals surface area contributed by atoms with E-state index in [0.717, 1.165) is 51.5 Å². The van der Waals surface area contributed by atoms with E-state index >= 15 is 0 Å².